The number of carbonyl (C=O) groups is 3. The van der Waals surface area contributed by atoms with Crippen molar-refractivity contribution in [2.75, 3.05) is 7.05 Å². The maximum atomic E-state index is 12.3. The largest absolute Gasteiger partial charge is 0.481 e. The molecule has 1 atom stereocenters. The first-order chi connectivity index (χ1) is 11.3. The summed E-state index contributed by atoms with van der Waals surface area (Å²) in [6.45, 7) is 2.24. The van der Waals surface area contributed by atoms with Gasteiger partial charge in [0.25, 0.3) is 0 Å². The molecule has 1 aliphatic rings. The number of nitrogens with one attached hydrogen (secondary N) is 1. The fraction of sp³-hybridized carbons (Fsp3) is 0.588. The summed E-state index contributed by atoms with van der Waals surface area (Å²) in [4.78, 5) is 36.3. The molecule has 2 amide bonds. The minimum atomic E-state index is -0.896. The molecule has 0 radical (unpaired) electrons. The smallest absolute Gasteiger partial charge is 0.303 e. The molecule has 0 bridgehead atoms. The van der Waals surface area contributed by atoms with Gasteiger partial charge in [-0.2, -0.15) is 0 Å². The molecule has 0 aromatic carbocycles. The van der Waals surface area contributed by atoms with E-state index in [1.807, 2.05) is 19.1 Å². The summed E-state index contributed by atoms with van der Waals surface area (Å²) in [7, 11) is 1.71. The third-order valence-corrected chi connectivity index (χ3v) is 4.48. The van der Waals surface area contributed by atoms with Crippen LogP contribution in [0.3, 0.4) is 0 Å². The molecule has 0 saturated carbocycles. The van der Waals surface area contributed by atoms with Crippen molar-refractivity contribution in [2.45, 2.75) is 57.5 Å². The summed E-state index contributed by atoms with van der Waals surface area (Å²) in [5, 5.41) is 11.8. The Morgan fingerprint density at radius 2 is 2.04 bits per heavy atom. The van der Waals surface area contributed by atoms with Gasteiger partial charge in [0.1, 0.15) is 11.5 Å². The molecule has 7 heteroatoms. The van der Waals surface area contributed by atoms with Gasteiger partial charge in [0.05, 0.1) is 6.54 Å². The molecule has 24 heavy (non-hydrogen) atoms. The Balaban J connectivity index is 1.89. The summed E-state index contributed by atoms with van der Waals surface area (Å²) < 4.78 is 5.46. The topological polar surface area (TPSA) is 99.9 Å². The van der Waals surface area contributed by atoms with Crippen LogP contribution in [0.1, 0.15) is 50.0 Å². The van der Waals surface area contributed by atoms with Crippen LogP contribution in [0.15, 0.2) is 16.5 Å². The fourth-order valence-corrected chi connectivity index (χ4v) is 3.05. The molecule has 1 aromatic rings. The molecule has 1 aromatic heterocycles. The number of rotatable bonds is 8. The second-order valence-corrected chi connectivity index (χ2v) is 6.48. The second-order valence-electron chi connectivity index (χ2n) is 6.48. The van der Waals surface area contributed by atoms with Crippen molar-refractivity contribution in [1.29, 1.82) is 0 Å². The van der Waals surface area contributed by atoms with Gasteiger partial charge < -0.3 is 19.7 Å². The highest BCUT2D eigenvalue weighted by Gasteiger charge is 2.38. The molecule has 2 N–H and O–H groups in total. The van der Waals surface area contributed by atoms with Gasteiger partial charge in [-0.25, -0.2) is 0 Å². The second kappa shape index (κ2) is 7.51. The molecule has 2 heterocycles. The van der Waals surface area contributed by atoms with E-state index >= 15 is 0 Å². The summed E-state index contributed by atoms with van der Waals surface area (Å²) in [6, 6.07) is 3.69. The van der Waals surface area contributed by atoms with Crippen molar-refractivity contribution in [2.24, 2.45) is 0 Å². The lowest BCUT2D eigenvalue weighted by Gasteiger charge is -2.29. The average molecular weight is 336 g/mol. The molecule has 1 aliphatic heterocycles. The average Bonchev–Trinajstić information content (AvgIpc) is 3.09. The number of aliphatic carboxylic acids is 1. The van der Waals surface area contributed by atoms with Gasteiger partial charge in [-0.1, -0.05) is 0 Å². The number of carboxylic acids is 1. The number of carboxylic acid groups (broad SMARTS) is 1. The van der Waals surface area contributed by atoms with Crippen LogP contribution in [0.5, 0.6) is 0 Å². The SMILES string of the molecule is Cc1ccc(CN(C)C(=O)CC[C@]2(CCC(=O)O)CCC(=O)N2)o1. The van der Waals surface area contributed by atoms with E-state index in [1.54, 1.807) is 11.9 Å². The highest BCUT2D eigenvalue weighted by molar-refractivity contribution is 5.80. The van der Waals surface area contributed by atoms with Crippen LogP contribution in [0.2, 0.25) is 0 Å². The normalized spacial score (nSPS) is 20.0. The predicted molar refractivity (Wildman–Crippen MR) is 86.1 cm³/mol. The van der Waals surface area contributed by atoms with E-state index in [-0.39, 0.29) is 24.7 Å². The van der Waals surface area contributed by atoms with E-state index < -0.39 is 11.5 Å². The number of carbonyl (C=O) groups excluding carboxylic acids is 2. The molecule has 0 unspecified atom stereocenters. The standard InChI is InChI=1S/C17H24N2O5/c1-12-3-4-13(24-12)11-19(2)15(21)6-9-17(10-7-16(22)23)8-5-14(20)18-17/h3-4H,5-11H2,1-2H3,(H,18,20)(H,22,23)/t17-/m0/s1. The Kier molecular flexibility index (Phi) is 5.64. The fourth-order valence-electron chi connectivity index (χ4n) is 3.05. The van der Waals surface area contributed by atoms with Gasteiger partial charge in [0.15, 0.2) is 0 Å². The monoisotopic (exact) mass is 336 g/mol. The van der Waals surface area contributed by atoms with Gasteiger partial charge >= 0.3 is 5.97 Å². The van der Waals surface area contributed by atoms with Crippen molar-refractivity contribution >= 4 is 17.8 Å². The number of hydrogen-bond donors (Lipinski definition) is 2. The summed E-state index contributed by atoms with van der Waals surface area (Å²) in [5.41, 5.74) is -0.576. The minimum absolute atomic E-state index is 0.0179. The third kappa shape index (κ3) is 4.84. The Hall–Kier alpha value is -2.31. The third-order valence-electron chi connectivity index (χ3n) is 4.48. The predicted octanol–water partition coefficient (Wildman–Crippen LogP) is 1.84. The van der Waals surface area contributed by atoms with E-state index in [0.29, 0.717) is 32.2 Å². The number of nitrogens with zero attached hydrogens (tertiary/aromatic N) is 1. The highest BCUT2D eigenvalue weighted by Crippen LogP contribution is 2.30. The zero-order valence-electron chi connectivity index (χ0n) is 14.1. The summed E-state index contributed by atoms with van der Waals surface area (Å²) in [6.07, 6.45) is 2.00. The zero-order valence-corrected chi connectivity index (χ0v) is 14.1. The van der Waals surface area contributed by atoms with Crippen LogP contribution >= 0.6 is 0 Å². The van der Waals surface area contributed by atoms with Gasteiger partial charge in [0.2, 0.25) is 11.8 Å². The Morgan fingerprint density at radius 3 is 2.58 bits per heavy atom. The van der Waals surface area contributed by atoms with Gasteiger partial charge in [0, 0.05) is 31.8 Å². The van der Waals surface area contributed by atoms with Crippen molar-refractivity contribution in [3.05, 3.63) is 23.7 Å². The Morgan fingerprint density at radius 1 is 1.33 bits per heavy atom. The highest BCUT2D eigenvalue weighted by atomic mass is 16.4. The summed E-state index contributed by atoms with van der Waals surface area (Å²) in [5.74, 6) is 0.490. The zero-order chi connectivity index (χ0) is 17.7. The van der Waals surface area contributed by atoms with Gasteiger partial charge in [-0.05, 0) is 38.3 Å². The molecule has 0 aliphatic carbocycles. The van der Waals surface area contributed by atoms with Crippen LogP contribution in [-0.2, 0) is 20.9 Å². The molecule has 1 fully saturated rings. The van der Waals surface area contributed by atoms with Crippen LogP contribution in [0, 0.1) is 6.92 Å². The quantitative estimate of drug-likeness (QED) is 0.754. The van der Waals surface area contributed by atoms with Crippen LogP contribution in [0.4, 0.5) is 0 Å². The molecular weight excluding hydrogens is 312 g/mol. The van der Waals surface area contributed by atoms with Crippen molar-refractivity contribution in [1.82, 2.24) is 10.2 Å². The van der Waals surface area contributed by atoms with E-state index in [4.69, 9.17) is 9.52 Å². The maximum Gasteiger partial charge on any atom is 0.303 e. The van der Waals surface area contributed by atoms with Crippen LogP contribution in [-0.4, -0.2) is 40.4 Å². The first kappa shape index (κ1) is 18.0. The number of amides is 2. The van der Waals surface area contributed by atoms with E-state index in [0.717, 1.165) is 11.5 Å². The van der Waals surface area contributed by atoms with E-state index in [2.05, 4.69) is 5.32 Å². The lowest BCUT2D eigenvalue weighted by atomic mass is 9.86. The molecular formula is C17H24N2O5. The lowest BCUT2D eigenvalue weighted by Crippen LogP contribution is -2.43. The number of furan rings is 1. The first-order valence-electron chi connectivity index (χ1n) is 8.12. The minimum Gasteiger partial charge on any atom is -0.481 e. The molecule has 2 rings (SSSR count). The van der Waals surface area contributed by atoms with Crippen LogP contribution in [0.25, 0.3) is 0 Å². The van der Waals surface area contributed by atoms with E-state index in [1.165, 1.54) is 0 Å². The summed E-state index contributed by atoms with van der Waals surface area (Å²) >= 11 is 0. The maximum absolute atomic E-state index is 12.3. The number of hydrogen-bond acceptors (Lipinski definition) is 4. The first-order valence-corrected chi connectivity index (χ1v) is 8.12. The lowest BCUT2D eigenvalue weighted by molar-refractivity contribution is -0.137. The number of aryl methyl sites for hydroxylation is 1. The molecule has 1 saturated heterocycles. The Bertz CT molecular complexity index is 624. The van der Waals surface area contributed by atoms with Crippen molar-refractivity contribution < 1.29 is 23.9 Å². The molecule has 7 nitrogen and oxygen atoms in total. The molecule has 0 spiro atoms. The Labute approximate surface area is 141 Å². The van der Waals surface area contributed by atoms with E-state index in [9.17, 15) is 14.4 Å². The van der Waals surface area contributed by atoms with Gasteiger partial charge in [-0.15, -0.1) is 0 Å². The van der Waals surface area contributed by atoms with Crippen molar-refractivity contribution in [3.8, 4) is 0 Å². The molecule has 132 valence electrons. The van der Waals surface area contributed by atoms with Gasteiger partial charge in [-0.3, -0.25) is 14.4 Å². The van der Waals surface area contributed by atoms with Crippen molar-refractivity contribution in [3.63, 3.8) is 0 Å². The van der Waals surface area contributed by atoms with Crippen LogP contribution < -0.4 is 5.32 Å².